The van der Waals surface area contributed by atoms with Gasteiger partial charge in [0.25, 0.3) is 5.91 Å². The maximum absolute atomic E-state index is 14.5. The number of nitrogens with one attached hydrogen (secondary N) is 4. The van der Waals surface area contributed by atoms with Gasteiger partial charge in [0.15, 0.2) is 0 Å². The van der Waals surface area contributed by atoms with Gasteiger partial charge in [-0.2, -0.15) is 0 Å². The molecular weight excluding hydrogens is 686 g/mol. The molecule has 2 heterocycles. The molecule has 4 rings (SSSR count). The molecular formula is C41H57N7O6. The van der Waals surface area contributed by atoms with Crippen LogP contribution in [0.15, 0.2) is 72.8 Å². The van der Waals surface area contributed by atoms with Gasteiger partial charge in [-0.25, -0.2) is 14.6 Å². The Hall–Kier alpha value is -5.01. The van der Waals surface area contributed by atoms with Crippen molar-refractivity contribution in [3.63, 3.8) is 0 Å². The molecule has 2 aromatic carbocycles. The molecule has 54 heavy (non-hydrogen) atoms. The number of hydrogen-bond donors (Lipinski definition) is 6. The fourth-order valence-corrected chi connectivity index (χ4v) is 6.86. The van der Waals surface area contributed by atoms with E-state index in [4.69, 9.17) is 0 Å². The number of urea groups is 1. The molecule has 1 saturated heterocycles. The van der Waals surface area contributed by atoms with E-state index in [1.54, 1.807) is 30.7 Å². The van der Waals surface area contributed by atoms with Gasteiger partial charge in [-0.3, -0.25) is 20.0 Å². The number of rotatable bonds is 17. The number of aliphatic hydroxyl groups is 1. The number of hydrazine groups is 1. The lowest BCUT2D eigenvalue weighted by molar-refractivity contribution is -0.133. The molecule has 5 amide bonds. The largest absolute Gasteiger partial charge is 0.465 e. The zero-order valence-electron chi connectivity index (χ0n) is 32.5. The van der Waals surface area contributed by atoms with Gasteiger partial charge in [0.05, 0.1) is 36.3 Å². The summed E-state index contributed by atoms with van der Waals surface area (Å²) in [6.07, 6.45) is -1.54. The summed E-state index contributed by atoms with van der Waals surface area (Å²) in [4.78, 5) is 59.3. The van der Waals surface area contributed by atoms with Gasteiger partial charge in [0.2, 0.25) is 5.91 Å². The smallest absolute Gasteiger partial charge is 0.405 e. The molecule has 13 heteroatoms. The third-order valence-electron chi connectivity index (χ3n) is 10.0. The van der Waals surface area contributed by atoms with Gasteiger partial charge in [0, 0.05) is 25.3 Å². The molecule has 3 aromatic rings. The standard InChI is InChI=1S/C41H57N7O6/c1-8-27(3)35(33-22-42-39(52)48(33)24-31-16-12-13-28(4)43-31)37(50)44-32(21-29-14-10-9-11-15-29)34(49)25-47(23-30-19-17-26(2)18-20-30)46-38(51)36(41(5,6)7)45-40(53)54/h9-20,27,32-36,45,49H,8,21-25H2,1-7H3,(H,42,52)(H,44,50)(H,46,51)(H,53,54)/t27-,32-,33?,34-,35-,36+/m0/s1. The lowest BCUT2D eigenvalue weighted by atomic mass is 9.83. The number of carbonyl (C=O) groups is 4. The van der Waals surface area contributed by atoms with Crippen molar-refractivity contribution < 1.29 is 29.4 Å². The summed E-state index contributed by atoms with van der Waals surface area (Å²) in [5.74, 6) is -1.59. The highest BCUT2D eigenvalue weighted by atomic mass is 16.4. The van der Waals surface area contributed by atoms with Crippen LogP contribution in [0.2, 0.25) is 0 Å². The Labute approximate surface area is 318 Å². The van der Waals surface area contributed by atoms with Crippen LogP contribution in [0.25, 0.3) is 0 Å². The fraction of sp³-hybridized carbons (Fsp3) is 0.488. The first-order valence-electron chi connectivity index (χ1n) is 18.7. The molecule has 0 radical (unpaired) electrons. The second kappa shape index (κ2) is 18.8. The van der Waals surface area contributed by atoms with Crippen LogP contribution in [-0.4, -0.2) is 86.4 Å². The summed E-state index contributed by atoms with van der Waals surface area (Å²) in [6.45, 7) is 13.8. The van der Waals surface area contributed by atoms with E-state index in [9.17, 15) is 29.4 Å². The van der Waals surface area contributed by atoms with E-state index in [-0.39, 0.29) is 50.5 Å². The van der Waals surface area contributed by atoms with Gasteiger partial charge in [-0.15, -0.1) is 0 Å². The van der Waals surface area contributed by atoms with Crippen LogP contribution in [0.1, 0.15) is 69.1 Å². The van der Waals surface area contributed by atoms with Gasteiger partial charge in [0.1, 0.15) is 6.04 Å². The summed E-state index contributed by atoms with van der Waals surface area (Å²) in [5, 5.41) is 31.5. The average Bonchev–Trinajstić information content (AvgIpc) is 3.46. The SMILES string of the molecule is CC[C@H](C)[C@H](C(=O)N[C@@H](Cc1ccccc1)[C@@H](O)CN(Cc1ccc(C)cc1)NC(=O)[C@@H](NC(=O)O)C(C)(C)C)C1CNC(=O)N1Cc1cccc(C)n1. The summed E-state index contributed by atoms with van der Waals surface area (Å²) < 4.78 is 0. The molecule has 0 bridgehead atoms. The highest BCUT2D eigenvalue weighted by Crippen LogP contribution is 2.28. The molecule has 0 spiro atoms. The van der Waals surface area contributed by atoms with Crippen LogP contribution in [0.4, 0.5) is 9.59 Å². The number of carboxylic acid groups (broad SMARTS) is 1. The summed E-state index contributed by atoms with van der Waals surface area (Å²) >= 11 is 0. The van der Waals surface area contributed by atoms with E-state index in [0.29, 0.717) is 6.42 Å². The number of aromatic nitrogens is 1. The third kappa shape index (κ3) is 11.7. The van der Waals surface area contributed by atoms with Crippen molar-refractivity contribution in [2.75, 3.05) is 13.1 Å². The first-order valence-corrected chi connectivity index (χ1v) is 18.7. The van der Waals surface area contributed by atoms with E-state index >= 15 is 0 Å². The van der Waals surface area contributed by atoms with Crippen molar-refractivity contribution in [3.05, 3.63) is 101 Å². The van der Waals surface area contributed by atoms with Gasteiger partial charge in [-0.05, 0) is 54.9 Å². The molecule has 1 aliphatic rings. The number of amides is 5. The van der Waals surface area contributed by atoms with Crippen molar-refractivity contribution >= 4 is 23.9 Å². The van der Waals surface area contributed by atoms with Crippen molar-refractivity contribution in [3.8, 4) is 0 Å². The van der Waals surface area contributed by atoms with E-state index < -0.39 is 47.6 Å². The Bertz CT molecular complexity index is 1710. The van der Waals surface area contributed by atoms with E-state index in [0.717, 1.165) is 28.1 Å². The van der Waals surface area contributed by atoms with Crippen molar-refractivity contribution in [2.45, 2.75) is 98.6 Å². The molecule has 0 saturated carbocycles. The van der Waals surface area contributed by atoms with Gasteiger partial charge >= 0.3 is 12.1 Å². The topological polar surface area (TPSA) is 176 Å². The molecule has 0 aliphatic carbocycles. The fourth-order valence-electron chi connectivity index (χ4n) is 6.86. The number of nitrogens with zero attached hydrogens (tertiary/aromatic N) is 3. The zero-order chi connectivity index (χ0) is 39.6. The summed E-state index contributed by atoms with van der Waals surface area (Å²) in [6, 6.07) is 20.3. The van der Waals surface area contributed by atoms with Crippen LogP contribution in [0.3, 0.4) is 0 Å². The van der Waals surface area contributed by atoms with E-state index in [1.165, 1.54) is 0 Å². The second-order valence-corrected chi connectivity index (χ2v) is 15.5. The lowest BCUT2D eigenvalue weighted by Gasteiger charge is -2.36. The second-order valence-electron chi connectivity index (χ2n) is 15.5. The molecule has 13 nitrogen and oxygen atoms in total. The maximum atomic E-state index is 14.5. The quantitative estimate of drug-likeness (QED) is 0.109. The van der Waals surface area contributed by atoms with Crippen LogP contribution in [-0.2, 0) is 29.1 Å². The Morgan fingerprint density at radius 3 is 2.26 bits per heavy atom. The number of benzene rings is 2. The third-order valence-corrected chi connectivity index (χ3v) is 10.0. The predicted molar refractivity (Wildman–Crippen MR) is 207 cm³/mol. The first kappa shape index (κ1) is 41.7. The van der Waals surface area contributed by atoms with Gasteiger partial charge < -0.3 is 31.1 Å². The predicted octanol–water partition coefficient (Wildman–Crippen LogP) is 4.56. The van der Waals surface area contributed by atoms with E-state index in [2.05, 4.69) is 26.4 Å². The zero-order valence-corrected chi connectivity index (χ0v) is 32.5. The highest BCUT2D eigenvalue weighted by Gasteiger charge is 2.43. The van der Waals surface area contributed by atoms with Crippen LogP contribution < -0.4 is 21.4 Å². The molecule has 1 aliphatic heterocycles. The average molecular weight is 744 g/mol. The normalized spacial score (nSPS) is 17.2. The van der Waals surface area contributed by atoms with Crippen LogP contribution in [0.5, 0.6) is 0 Å². The molecule has 6 N–H and O–H groups in total. The lowest BCUT2D eigenvalue weighted by Crippen LogP contribution is -2.59. The summed E-state index contributed by atoms with van der Waals surface area (Å²) in [7, 11) is 0. The Morgan fingerprint density at radius 2 is 1.65 bits per heavy atom. The van der Waals surface area contributed by atoms with Crippen molar-refractivity contribution in [2.24, 2.45) is 17.3 Å². The Kier molecular flexibility index (Phi) is 14.6. The van der Waals surface area contributed by atoms with Crippen molar-refractivity contribution in [1.29, 1.82) is 0 Å². The molecule has 292 valence electrons. The van der Waals surface area contributed by atoms with Crippen molar-refractivity contribution in [1.82, 2.24) is 36.3 Å². The number of carbonyl (C=O) groups excluding carboxylic acids is 3. The minimum absolute atomic E-state index is 0.0933. The highest BCUT2D eigenvalue weighted by molar-refractivity contribution is 5.86. The van der Waals surface area contributed by atoms with Crippen LogP contribution >= 0.6 is 0 Å². The van der Waals surface area contributed by atoms with Crippen LogP contribution in [0, 0.1) is 31.1 Å². The van der Waals surface area contributed by atoms with Gasteiger partial charge in [-0.1, -0.05) is 107 Å². The Morgan fingerprint density at radius 1 is 0.963 bits per heavy atom. The minimum atomic E-state index is -1.33. The maximum Gasteiger partial charge on any atom is 0.405 e. The molecule has 1 unspecified atom stereocenters. The number of pyridine rings is 1. The monoisotopic (exact) mass is 743 g/mol. The number of hydrogen-bond acceptors (Lipinski definition) is 7. The molecule has 6 atom stereocenters. The molecule has 1 aromatic heterocycles. The minimum Gasteiger partial charge on any atom is -0.465 e. The van der Waals surface area contributed by atoms with E-state index in [1.807, 2.05) is 100 Å². The number of aryl methyl sites for hydroxylation is 2. The molecule has 1 fully saturated rings. The Balaban J connectivity index is 1.64. The summed E-state index contributed by atoms with van der Waals surface area (Å²) in [5.41, 5.74) is 6.46. The first-order chi connectivity index (χ1) is 25.5. The number of aliphatic hydroxyl groups excluding tert-OH is 1.